The number of fused-ring (bicyclic) bond motifs is 11. The molecule has 0 fully saturated rings. The summed E-state index contributed by atoms with van der Waals surface area (Å²) in [5.41, 5.74) is 14.9. The molecule has 0 saturated carbocycles. The molecule has 6 aromatic carbocycles. The molecule has 2 aliphatic carbocycles. The van der Waals surface area contributed by atoms with Crippen LogP contribution in [0.15, 0.2) is 115 Å². The van der Waals surface area contributed by atoms with Crippen molar-refractivity contribution in [2.24, 2.45) is 0 Å². The number of para-hydroxylation sites is 1. The van der Waals surface area contributed by atoms with Crippen LogP contribution in [0.4, 0.5) is 0 Å². The molecule has 1 nitrogen and oxygen atoms in total. The van der Waals surface area contributed by atoms with E-state index in [0.29, 0.717) is 0 Å². The lowest BCUT2D eigenvalue weighted by atomic mass is 9.82. The van der Waals surface area contributed by atoms with Crippen LogP contribution in [0.3, 0.4) is 0 Å². The second-order valence-corrected chi connectivity index (χ2v) is 13.0. The molecular formula is C40H31N. The molecule has 41 heavy (non-hydrogen) atoms. The van der Waals surface area contributed by atoms with Gasteiger partial charge < -0.3 is 4.57 Å². The molecule has 0 bridgehead atoms. The number of nitrogens with zero attached hydrogens (tertiary/aromatic N) is 1. The highest BCUT2D eigenvalue weighted by atomic mass is 15.0. The number of aromatic nitrogens is 1. The van der Waals surface area contributed by atoms with Crippen LogP contribution in [0, 0.1) is 0 Å². The second kappa shape index (κ2) is 7.56. The molecule has 1 heteroatoms. The molecule has 0 atom stereocenters. The van der Waals surface area contributed by atoms with Crippen molar-refractivity contribution in [2.45, 2.75) is 38.5 Å². The van der Waals surface area contributed by atoms with Crippen molar-refractivity contribution >= 4 is 32.6 Å². The second-order valence-electron chi connectivity index (χ2n) is 13.0. The van der Waals surface area contributed by atoms with E-state index in [1.807, 2.05) is 0 Å². The minimum absolute atomic E-state index is 0.00242. The Labute approximate surface area is 240 Å². The van der Waals surface area contributed by atoms with E-state index in [2.05, 4.69) is 148 Å². The van der Waals surface area contributed by atoms with Crippen LogP contribution in [0.1, 0.15) is 49.9 Å². The maximum atomic E-state index is 2.48. The highest BCUT2D eigenvalue weighted by Gasteiger charge is 2.37. The Morgan fingerprint density at radius 3 is 1.80 bits per heavy atom. The Balaban J connectivity index is 1.36. The normalized spacial score (nSPS) is 15.7. The molecule has 0 amide bonds. The summed E-state index contributed by atoms with van der Waals surface area (Å²) in [6.07, 6.45) is 0. The van der Waals surface area contributed by atoms with Crippen LogP contribution in [-0.4, -0.2) is 4.57 Å². The van der Waals surface area contributed by atoms with Crippen molar-refractivity contribution in [3.05, 3.63) is 138 Å². The predicted molar refractivity (Wildman–Crippen MR) is 173 cm³/mol. The lowest BCUT2D eigenvalue weighted by Crippen LogP contribution is -2.14. The molecule has 1 heterocycles. The van der Waals surface area contributed by atoms with Crippen LogP contribution in [0.2, 0.25) is 0 Å². The van der Waals surface area contributed by atoms with Crippen LogP contribution in [-0.2, 0) is 10.8 Å². The van der Waals surface area contributed by atoms with Crippen LogP contribution >= 0.6 is 0 Å². The van der Waals surface area contributed by atoms with Crippen molar-refractivity contribution in [1.82, 2.24) is 4.57 Å². The third-order valence-electron chi connectivity index (χ3n) is 10.2. The maximum absolute atomic E-state index is 2.48. The van der Waals surface area contributed by atoms with Gasteiger partial charge in [0.2, 0.25) is 0 Å². The van der Waals surface area contributed by atoms with E-state index < -0.39 is 0 Å². The summed E-state index contributed by atoms with van der Waals surface area (Å²) in [7, 11) is 0. The fraction of sp³-hybridized carbons (Fsp3) is 0.150. The summed E-state index contributed by atoms with van der Waals surface area (Å²) in [5.74, 6) is 0. The van der Waals surface area contributed by atoms with Crippen LogP contribution < -0.4 is 0 Å². The van der Waals surface area contributed by atoms with Gasteiger partial charge >= 0.3 is 0 Å². The van der Waals surface area contributed by atoms with Gasteiger partial charge in [0, 0.05) is 27.3 Å². The smallest absolute Gasteiger partial charge is 0.0547 e. The standard InChI is InChI=1S/C40H31N/c1-39(2)32-14-8-5-11-26(32)30-22-25(18-19-34(30)39)41-36-16-10-7-13-28(36)38-29-23-31-27-12-6-9-15-33(27)40(3,4)35(31)21-24(29)17-20-37(38)41/h5-23H,1-4H3. The zero-order chi connectivity index (χ0) is 27.7. The highest BCUT2D eigenvalue weighted by Crippen LogP contribution is 2.52. The molecule has 2 aliphatic rings. The average Bonchev–Trinajstić information content (AvgIpc) is 3.54. The molecule has 0 radical (unpaired) electrons. The van der Waals surface area contributed by atoms with Gasteiger partial charge in [-0.3, -0.25) is 0 Å². The van der Waals surface area contributed by atoms with Crippen molar-refractivity contribution in [2.75, 3.05) is 0 Å². The first-order valence-corrected chi connectivity index (χ1v) is 14.7. The average molecular weight is 526 g/mol. The van der Waals surface area contributed by atoms with E-state index in [0.717, 1.165) is 0 Å². The summed E-state index contributed by atoms with van der Waals surface area (Å²) in [6.45, 7) is 9.42. The molecule has 196 valence electrons. The third kappa shape index (κ3) is 2.81. The molecule has 0 unspecified atom stereocenters. The quantitative estimate of drug-likeness (QED) is 0.201. The Bertz CT molecular complexity index is 2260. The van der Waals surface area contributed by atoms with Gasteiger partial charge in [0.15, 0.2) is 0 Å². The van der Waals surface area contributed by atoms with Gasteiger partial charge in [-0.2, -0.15) is 0 Å². The molecule has 1 aromatic heterocycles. The summed E-state index contributed by atoms with van der Waals surface area (Å²) < 4.78 is 2.48. The van der Waals surface area contributed by atoms with Crippen LogP contribution in [0.25, 0.3) is 60.5 Å². The van der Waals surface area contributed by atoms with E-state index in [4.69, 9.17) is 0 Å². The number of rotatable bonds is 1. The van der Waals surface area contributed by atoms with Gasteiger partial charge in [0.1, 0.15) is 0 Å². The first kappa shape index (κ1) is 23.1. The highest BCUT2D eigenvalue weighted by molar-refractivity contribution is 6.22. The van der Waals surface area contributed by atoms with E-state index in [1.54, 1.807) is 0 Å². The number of benzene rings is 6. The fourth-order valence-electron chi connectivity index (χ4n) is 8.11. The zero-order valence-corrected chi connectivity index (χ0v) is 23.9. The van der Waals surface area contributed by atoms with E-state index >= 15 is 0 Å². The van der Waals surface area contributed by atoms with E-state index in [9.17, 15) is 0 Å². The Morgan fingerprint density at radius 1 is 0.439 bits per heavy atom. The third-order valence-corrected chi connectivity index (χ3v) is 10.2. The van der Waals surface area contributed by atoms with Gasteiger partial charge in [-0.25, -0.2) is 0 Å². The molecule has 7 aromatic rings. The molecule has 0 saturated heterocycles. The molecule has 0 aliphatic heterocycles. The van der Waals surface area contributed by atoms with Crippen LogP contribution in [0.5, 0.6) is 0 Å². The maximum Gasteiger partial charge on any atom is 0.0547 e. The zero-order valence-electron chi connectivity index (χ0n) is 23.9. The summed E-state index contributed by atoms with van der Waals surface area (Å²) >= 11 is 0. The number of hydrogen-bond acceptors (Lipinski definition) is 0. The topological polar surface area (TPSA) is 4.93 Å². The van der Waals surface area contributed by atoms with E-state index in [-0.39, 0.29) is 10.8 Å². The summed E-state index contributed by atoms with van der Waals surface area (Å²) in [6, 6.07) is 43.5. The lowest BCUT2D eigenvalue weighted by Gasteiger charge is -2.22. The molecule has 9 rings (SSSR count). The Hall–Kier alpha value is -4.62. The van der Waals surface area contributed by atoms with Gasteiger partial charge in [-0.1, -0.05) is 107 Å². The monoisotopic (exact) mass is 525 g/mol. The van der Waals surface area contributed by atoms with Crippen molar-refractivity contribution in [3.8, 4) is 27.9 Å². The van der Waals surface area contributed by atoms with Crippen molar-refractivity contribution in [3.63, 3.8) is 0 Å². The fourth-order valence-corrected chi connectivity index (χ4v) is 8.11. The number of hydrogen-bond donors (Lipinski definition) is 0. The minimum atomic E-state index is -0.00242. The van der Waals surface area contributed by atoms with Crippen molar-refractivity contribution in [1.29, 1.82) is 0 Å². The SMILES string of the molecule is CC1(C)c2ccccc2-c2cc(-n3c4ccccc4c4c5cc6c(cc5ccc43)C(C)(C)c3ccccc3-6)ccc21. The first-order valence-electron chi connectivity index (χ1n) is 14.7. The van der Waals surface area contributed by atoms with E-state index in [1.165, 1.54) is 82.8 Å². The lowest BCUT2D eigenvalue weighted by molar-refractivity contribution is 0.660. The van der Waals surface area contributed by atoms with Gasteiger partial charge in [0.05, 0.1) is 11.0 Å². The van der Waals surface area contributed by atoms with Crippen molar-refractivity contribution < 1.29 is 0 Å². The predicted octanol–water partition coefficient (Wildman–Crippen LogP) is 10.5. The summed E-state index contributed by atoms with van der Waals surface area (Å²) in [4.78, 5) is 0. The van der Waals surface area contributed by atoms with Gasteiger partial charge in [-0.05, 0) is 91.7 Å². The van der Waals surface area contributed by atoms with Gasteiger partial charge in [0.25, 0.3) is 0 Å². The molecule has 0 N–H and O–H groups in total. The summed E-state index contributed by atoms with van der Waals surface area (Å²) in [5, 5.41) is 5.28. The molecule has 0 spiro atoms. The Kier molecular flexibility index (Phi) is 4.26. The van der Waals surface area contributed by atoms with Gasteiger partial charge in [-0.15, -0.1) is 0 Å². The Morgan fingerprint density at radius 2 is 1.05 bits per heavy atom. The largest absolute Gasteiger partial charge is 0.309 e. The first-order chi connectivity index (χ1) is 19.9. The minimum Gasteiger partial charge on any atom is -0.309 e. The molecular weight excluding hydrogens is 494 g/mol.